The minimum Gasteiger partial charge on any atom is -0.744 e. The number of ether oxygens (including phenoxy) is 2. The summed E-state index contributed by atoms with van der Waals surface area (Å²) in [5, 5.41) is 0. The van der Waals surface area contributed by atoms with Crippen LogP contribution in [0.2, 0.25) is 0 Å². The third-order valence-electron chi connectivity index (χ3n) is 5.40. The van der Waals surface area contributed by atoms with Crippen LogP contribution in [0.25, 0.3) is 0 Å². The van der Waals surface area contributed by atoms with E-state index in [2.05, 4.69) is 38.1 Å². The Morgan fingerprint density at radius 3 is 1.71 bits per heavy atom. The molecule has 0 bridgehead atoms. The lowest BCUT2D eigenvalue weighted by atomic mass is 9.94. The summed E-state index contributed by atoms with van der Waals surface area (Å²) in [6.07, 6.45) is 4.94. The molecule has 1 fully saturated rings. The zero-order valence-electron chi connectivity index (χ0n) is 16.3. The van der Waals surface area contributed by atoms with Gasteiger partial charge >= 0.3 is 0 Å². The topological polar surface area (TPSA) is 75.7 Å². The highest BCUT2D eigenvalue weighted by atomic mass is 32.2. The number of hydrogen-bond donors (Lipinski definition) is 0. The van der Waals surface area contributed by atoms with Crippen LogP contribution < -0.4 is 9.47 Å². The summed E-state index contributed by atoms with van der Waals surface area (Å²) < 4.78 is 45.0. The number of rotatable bonds is 7. The maximum atomic E-state index is 11.0. The van der Waals surface area contributed by atoms with Crippen LogP contribution in [0.1, 0.15) is 57.4 Å². The fourth-order valence-corrected chi connectivity index (χ4v) is 3.92. The molecule has 1 aliphatic carbocycles. The van der Waals surface area contributed by atoms with Crippen molar-refractivity contribution >= 4 is 10.1 Å². The molecule has 6 heteroatoms. The maximum absolute atomic E-state index is 11.0. The summed E-state index contributed by atoms with van der Waals surface area (Å²) in [6.45, 7) is 4.42. The Kier molecular flexibility index (Phi) is 6.62. The van der Waals surface area contributed by atoms with Crippen molar-refractivity contribution in [2.24, 2.45) is 0 Å². The number of hydrogen-bond acceptors (Lipinski definition) is 5. The first-order valence-electron chi connectivity index (χ1n) is 9.84. The lowest BCUT2D eigenvalue weighted by molar-refractivity contribution is 0.0806. The van der Waals surface area contributed by atoms with Crippen LogP contribution >= 0.6 is 0 Å². The summed E-state index contributed by atoms with van der Waals surface area (Å²) in [4.78, 5) is -0.240. The van der Waals surface area contributed by atoms with E-state index in [-0.39, 0.29) is 17.1 Å². The van der Waals surface area contributed by atoms with Crippen LogP contribution in [0.15, 0.2) is 53.4 Å². The summed E-state index contributed by atoms with van der Waals surface area (Å²) in [7, 11) is -4.42. The van der Waals surface area contributed by atoms with Crippen molar-refractivity contribution < 1.29 is 22.4 Å². The lowest BCUT2D eigenvalue weighted by Crippen LogP contribution is -2.30. The van der Waals surface area contributed by atoms with E-state index < -0.39 is 10.1 Å². The zero-order chi connectivity index (χ0) is 20.1. The Morgan fingerprint density at radius 2 is 1.32 bits per heavy atom. The Morgan fingerprint density at radius 1 is 0.893 bits per heavy atom. The molecule has 5 nitrogen and oxygen atoms in total. The van der Waals surface area contributed by atoms with E-state index in [1.807, 2.05) is 0 Å². The van der Waals surface area contributed by atoms with Crippen LogP contribution in [0.4, 0.5) is 0 Å². The van der Waals surface area contributed by atoms with Gasteiger partial charge in [-0.2, -0.15) is 0 Å². The molecule has 0 aliphatic heterocycles. The van der Waals surface area contributed by atoms with E-state index in [0.29, 0.717) is 11.7 Å². The van der Waals surface area contributed by atoms with Gasteiger partial charge in [0, 0.05) is 0 Å². The molecule has 1 aliphatic rings. The van der Waals surface area contributed by atoms with E-state index in [1.165, 1.54) is 29.8 Å². The van der Waals surface area contributed by atoms with Gasteiger partial charge < -0.3 is 14.0 Å². The predicted molar refractivity (Wildman–Crippen MR) is 107 cm³/mol. The van der Waals surface area contributed by atoms with E-state index in [9.17, 15) is 13.0 Å². The molecule has 0 saturated heterocycles. The maximum Gasteiger partial charge on any atom is 0.124 e. The molecule has 1 unspecified atom stereocenters. The molecular weight excluding hydrogens is 376 g/mol. The van der Waals surface area contributed by atoms with E-state index in [4.69, 9.17) is 9.47 Å². The molecule has 152 valence electrons. The molecule has 1 atom stereocenters. The zero-order valence-corrected chi connectivity index (χ0v) is 17.2. The molecule has 0 amide bonds. The molecule has 2 aromatic rings. The molecular formula is C22H27O5S-. The highest BCUT2D eigenvalue weighted by molar-refractivity contribution is 7.85. The standard InChI is InChI=1S/C22H28O5S/c1-3-16(2)17-4-6-18(7-5-17)26-19-8-10-20(11-9-19)27-21-12-14-22(15-13-21)28(23,24)25/h4-7,12-16,19-20H,3,8-11H2,1-2H3,(H,23,24,25)/p-1. The fourth-order valence-electron chi connectivity index (χ4n) is 3.45. The fraction of sp³-hybridized carbons (Fsp3) is 0.455. The van der Waals surface area contributed by atoms with Gasteiger partial charge in [-0.1, -0.05) is 26.0 Å². The second-order valence-electron chi connectivity index (χ2n) is 7.44. The summed E-state index contributed by atoms with van der Waals surface area (Å²) in [5.74, 6) is 2.05. The minimum absolute atomic E-state index is 0.0716. The van der Waals surface area contributed by atoms with Gasteiger partial charge in [0.05, 0.1) is 17.1 Å². The highest BCUT2D eigenvalue weighted by Crippen LogP contribution is 2.28. The van der Waals surface area contributed by atoms with E-state index in [0.717, 1.165) is 37.9 Å². The van der Waals surface area contributed by atoms with Gasteiger partial charge in [-0.15, -0.1) is 0 Å². The molecule has 2 aromatic carbocycles. The average Bonchev–Trinajstić information content (AvgIpc) is 2.69. The second-order valence-corrected chi connectivity index (χ2v) is 8.82. The Hall–Kier alpha value is -2.05. The lowest BCUT2D eigenvalue weighted by Gasteiger charge is -2.29. The van der Waals surface area contributed by atoms with Crippen LogP contribution in [0, 0.1) is 0 Å². The summed E-state index contributed by atoms with van der Waals surface area (Å²) >= 11 is 0. The summed E-state index contributed by atoms with van der Waals surface area (Å²) in [6, 6.07) is 14.0. The van der Waals surface area contributed by atoms with E-state index >= 15 is 0 Å². The molecule has 0 spiro atoms. The van der Waals surface area contributed by atoms with Gasteiger partial charge in [0.1, 0.15) is 21.6 Å². The Balaban J connectivity index is 1.48. The first-order chi connectivity index (χ1) is 13.3. The van der Waals surface area contributed by atoms with Crippen molar-refractivity contribution in [1.29, 1.82) is 0 Å². The van der Waals surface area contributed by atoms with Gasteiger partial charge in [0.25, 0.3) is 0 Å². The first-order valence-corrected chi connectivity index (χ1v) is 11.2. The molecule has 28 heavy (non-hydrogen) atoms. The average molecular weight is 404 g/mol. The van der Waals surface area contributed by atoms with Crippen molar-refractivity contribution in [2.45, 2.75) is 69.0 Å². The highest BCUT2D eigenvalue weighted by Gasteiger charge is 2.24. The molecule has 0 radical (unpaired) electrons. The largest absolute Gasteiger partial charge is 0.744 e. The van der Waals surface area contributed by atoms with Crippen molar-refractivity contribution in [1.82, 2.24) is 0 Å². The van der Waals surface area contributed by atoms with Crippen LogP contribution in [-0.2, 0) is 10.1 Å². The minimum atomic E-state index is -4.42. The quantitative estimate of drug-likeness (QED) is 0.616. The number of benzene rings is 2. The third kappa shape index (κ3) is 5.49. The monoisotopic (exact) mass is 403 g/mol. The molecule has 0 N–H and O–H groups in total. The molecule has 3 rings (SSSR count). The van der Waals surface area contributed by atoms with Gasteiger partial charge in [-0.25, -0.2) is 8.42 Å². The molecule has 0 heterocycles. The van der Waals surface area contributed by atoms with Crippen molar-refractivity contribution in [3.63, 3.8) is 0 Å². The van der Waals surface area contributed by atoms with Crippen LogP contribution in [0.5, 0.6) is 11.5 Å². The van der Waals surface area contributed by atoms with Crippen LogP contribution in [-0.4, -0.2) is 25.2 Å². The van der Waals surface area contributed by atoms with Gasteiger partial charge in [0.15, 0.2) is 0 Å². The first kappa shape index (κ1) is 20.7. The van der Waals surface area contributed by atoms with Crippen molar-refractivity contribution in [3.05, 3.63) is 54.1 Å². The molecule has 0 aromatic heterocycles. The van der Waals surface area contributed by atoms with Crippen molar-refractivity contribution in [2.75, 3.05) is 0 Å². The van der Waals surface area contributed by atoms with Gasteiger partial charge in [0.2, 0.25) is 0 Å². The Bertz CT molecular complexity index is 851. The smallest absolute Gasteiger partial charge is 0.124 e. The summed E-state index contributed by atoms with van der Waals surface area (Å²) in [5.41, 5.74) is 1.34. The van der Waals surface area contributed by atoms with E-state index in [1.54, 1.807) is 0 Å². The van der Waals surface area contributed by atoms with Gasteiger partial charge in [-0.05, 0) is 80.0 Å². The predicted octanol–water partition coefficient (Wildman–Crippen LogP) is 4.87. The van der Waals surface area contributed by atoms with Crippen molar-refractivity contribution in [3.8, 4) is 11.5 Å². The normalized spacial score (nSPS) is 21.1. The van der Waals surface area contributed by atoms with Crippen LogP contribution in [0.3, 0.4) is 0 Å². The SMILES string of the molecule is CCC(C)c1ccc(OC2CCC(Oc3ccc(S(=O)(=O)[O-])cc3)CC2)cc1. The second kappa shape index (κ2) is 8.97. The third-order valence-corrected chi connectivity index (χ3v) is 6.25. The Labute approximate surface area is 167 Å². The molecule has 1 saturated carbocycles. The van der Waals surface area contributed by atoms with Gasteiger partial charge in [-0.3, -0.25) is 0 Å².